The fraction of sp³-hybridized carbons (Fsp3) is 0.111. The maximum absolute atomic E-state index is 12.5. The molecule has 0 aliphatic rings. The highest BCUT2D eigenvalue weighted by atomic mass is 19.4. The molecule has 2 heterocycles. The predicted molar refractivity (Wildman–Crippen MR) is 96.3 cm³/mol. The molecule has 3 aromatic rings. The van der Waals surface area contributed by atoms with Crippen LogP contribution in [-0.4, -0.2) is 21.3 Å². The number of aromatic nitrogens is 2. The lowest BCUT2D eigenvalue weighted by atomic mass is 10.2. The number of anilines is 2. The summed E-state index contributed by atoms with van der Waals surface area (Å²) < 4.78 is 46.8. The van der Waals surface area contributed by atoms with Crippen LogP contribution in [0.2, 0.25) is 0 Å². The number of alkyl halides is 3. The van der Waals surface area contributed by atoms with Crippen LogP contribution < -0.4 is 14.8 Å². The van der Waals surface area contributed by atoms with E-state index in [4.69, 9.17) is 4.74 Å². The molecule has 0 fully saturated rings. The van der Waals surface area contributed by atoms with E-state index in [1.807, 2.05) is 0 Å². The minimum absolute atomic E-state index is 0.0421. The highest BCUT2D eigenvalue weighted by Gasteiger charge is 2.31. The number of ether oxygens (including phenoxy) is 2. The third-order valence-electron chi connectivity index (χ3n) is 3.59. The summed E-state index contributed by atoms with van der Waals surface area (Å²) in [4.78, 5) is 18.4. The van der Waals surface area contributed by atoms with Crippen LogP contribution in [0.15, 0.2) is 54.9 Å². The van der Waals surface area contributed by atoms with Gasteiger partial charge in [0.2, 0.25) is 11.7 Å². The lowest BCUT2D eigenvalue weighted by Gasteiger charge is -2.13. The van der Waals surface area contributed by atoms with Gasteiger partial charge in [-0.25, -0.2) is 9.97 Å². The van der Waals surface area contributed by atoms with E-state index in [0.29, 0.717) is 11.3 Å². The van der Waals surface area contributed by atoms with Crippen molar-refractivity contribution in [1.29, 1.82) is 0 Å². The average Bonchev–Trinajstić information content (AvgIpc) is 2.65. The lowest BCUT2D eigenvalue weighted by Crippen LogP contribution is -2.17. The molecule has 0 aliphatic heterocycles. The zero-order valence-corrected chi connectivity index (χ0v) is 14.8. The van der Waals surface area contributed by atoms with E-state index in [-0.39, 0.29) is 28.9 Å². The molecule has 0 saturated carbocycles. The molecule has 0 amide bonds. The predicted octanol–water partition coefficient (Wildman–Crippen LogP) is 5.13. The third-order valence-corrected chi connectivity index (χ3v) is 3.59. The molecule has 0 saturated heterocycles. The van der Waals surface area contributed by atoms with Gasteiger partial charge >= 0.3 is 12.0 Å². The van der Waals surface area contributed by atoms with E-state index in [0.717, 1.165) is 6.07 Å². The van der Waals surface area contributed by atoms with Crippen LogP contribution in [-0.2, 0) is 0 Å². The Kier molecular flexibility index (Phi) is 5.48. The van der Waals surface area contributed by atoms with Crippen molar-refractivity contribution < 1.29 is 27.6 Å². The Bertz CT molecular complexity index is 1030. The van der Waals surface area contributed by atoms with Crippen LogP contribution in [0.3, 0.4) is 0 Å². The van der Waals surface area contributed by atoms with E-state index in [1.54, 1.807) is 0 Å². The molecule has 1 N–H and O–H groups in total. The van der Waals surface area contributed by atoms with E-state index in [2.05, 4.69) is 20.0 Å². The van der Waals surface area contributed by atoms with Gasteiger partial charge in [-0.15, -0.1) is 13.2 Å². The van der Waals surface area contributed by atoms with Crippen molar-refractivity contribution in [3.8, 4) is 17.4 Å². The molecule has 0 atom stereocenters. The van der Waals surface area contributed by atoms with Crippen LogP contribution in [0.25, 0.3) is 0 Å². The van der Waals surface area contributed by atoms with Crippen molar-refractivity contribution in [2.75, 3.05) is 5.32 Å². The summed E-state index contributed by atoms with van der Waals surface area (Å²) in [5.74, 6) is -0.132. The quantitative estimate of drug-likeness (QED) is 0.448. The summed E-state index contributed by atoms with van der Waals surface area (Å²) >= 11 is 0. The Balaban J connectivity index is 1.73. The topological polar surface area (TPSA) is 99.4 Å². The zero-order valence-electron chi connectivity index (χ0n) is 14.8. The van der Waals surface area contributed by atoms with E-state index < -0.39 is 11.3 Å². The largest absolute Gasteiger partial charge is 0.573 e. The van der Waals surface area contributed by atoms with Gasteiger partial charge in [-0.2, -0.15) is 0 Å². The minimum atomic E-state index is -4.82. The number of aryl methyl sites for hydroxylation is 1. The van der Waals surface area contributed by atoms with Crippen molar-refractivity contribution >= 4 is 17.2 Å². The molecular formula is C18H13F3N4O4. The second-order valence-electron chi connectivity index (χ2n) is 5.72. The maximum atomic E-state index is 12.5. The molecule has 29 heavy (non-hydrogen) atoms. The van der Waals surface area contributed by atoms with E-state index in [1.165, 1.54) is 55.7 Å². The second kappa shape index (κ2) is 8.00. The molecular weight excluding hydrogens is 393 g/mol. The van der Waals surface area contributed by atoms with Gasteiger partial charge in [0.1, 0.15) is 11.5 Å². The number of nitrogens with zero attached hydrogens (tertiary/aromatic N) is 3. The van der Waals surface area contributed by atoms with Gasteiger partial charge in [0.05, 0.1) is 16.8 Å². The second-order valence-corrected chi connectivity index (χ2v) is 5.72. The van der Waals surface area contributed by atoms with Crippen LogP contribution in [0, 0.1) is 17.0 Å². The van der Waals surface area contributed by atoms with Crippen molar-refractivity contribution in [3.05, 3.63) is 70.5 Å². The molecule has 8 nitrogen and oxygen atoms in total. The number of rotatable bonds is 6. The highest BCUT2D eigenvalue weighted by molar-refractivity contribution is 5.64. The Morgan fingerprint density at radius 3 is 2.59 bits per heavy atom. The number of nitro groups is 1. The van der Waals surface area contributed by atoms with Crippen molar-refractivity contribution in [2.24, 2.45) is 0 Å². The van der Waals surface area contributed by atoms with Crippen molar-refractivity contribution in [1.82, 2.24) is 9.97 Å². The number of pyridine rings is 2. The first-order chi connectivity index (χ1) is 13.7. The van der Waals surface area contributed by atoms with Gasteiger partial charge < -0.3 is 14.8 Å². The summed E-state index contributed by atoms with van der Waals surface area (Å²) in [5, 5.41) is 13.8. The molecule has 3 rings (SSSR count). The van der Waals surface area contributed by atoms with Crippen LogP contribution in [0.5, 0.6) is 17.4 Å². The number of nitrogens with one attached hydrogen (secondary N) is 1. The van der Waals surface area contributed by atoms with Gasteiger partial charge in [-0.3, -0.25) is 10.1 Å². The van der Waals surface area contributed by atoms with Gasteiger partial charge in [0, 0.05) is 24.4 Å². The average molecular weight is 406 g/mol. The number of hydrogen-bond acceptors (Lipinski definition) is 7. The first-order valence-corrected chi connectivity index (χ1v) is 8.08. The highest BCUT2D eigenvalue weighted by Crippen LogP contribution is 2.32. The molecule has 11 heteroatoms. The molecule has 0 unspecified atom stereocenters. The molecule has 0 aliphatic carbocycles. The minimum Gasteiger partial charge on any atom is -0.439 e. The smallest absolute Gasteiger partial charge is 0.439 e. The maximum Gasteiger partial charge on any atom is 0.573 e. The van der Waals surface area contributed by atoms with Crippen LogP contribution in [0.4, 0.5) is 30.4 Å². The summed E-state index contributed by atoms with van der Waals surface area (Å²) in [6.45, 7) is 1.47. The zero-order chi connectivity index (χ0) is 21.0. The van der Waals surface area contributed by atoms with Gasteiger partial charge in [0.25, 0.3) is 0 Å². The van der Waals surface area contributed by atoms with Crippen LogP contribution >= 0.6 is 0 Å². The molecule has 0 spiro atoms. The summed E-state index contributed by atoms with van der Waals surface area (Å²) in [6, 6.07) is 9.72. The van der Waals surface area contributed by atoms with Crippen molar-refractivity contribution in [3.63, 3.8) is 0 Å². The summed E-state index contributed by atoms with van der Waals surface area (Å²) in [6.07, 6.45) is -2.07. The van der Waals surface area contributed by atoms with Gasteiger partial charge in [-0.1, -0.05) is 6.07 Å². The molecule has 1 aromatic carbocycles. The third kappa shape index (κ3) is 5.31. The fourth-order valence-corrected chi connectivity index (χ4v) is 2.29. The van der Waals surface area contributed by atoms with Gasteiger partial charge in [-0.05, 0) is 30.7 Å². The molecule has 0 radical (unpaired) electrons. The number of benzene rings is 1. The number of halogens is 3. The van der Waals surface area contributed by atoms with Gasteiger partial charge in [0.15, 0.2) is 0 Å². The van der Waals surface area contributed by atoms with Crippen LogP contribution in [0.1, 0.15) is 5.56 Å². The SMILES string of the molecule is Cc1ccc(Oc2ccc(Nc3ncccc3[N+](=O)[O-])cn2)cc1OC(F)(F)F. The van der Waals surface area contributed by atoms with Crippen molar-refractivity contribution in [2.45, 2.75) is 13.3 Å². The monoisotopic (exact) mass is 406 g/mol. The molecule has 2 aromatic heterocycles. The standard InChI is InChI=1S/C18H13F3N4O4/c1-11-4-6-13(9-15(11)29-18(19,20)21)28-16-7-5-12(10-23-16)24-17-14(25(26)27)3-2-8-22-17/h2-10H,1H3,(H,22,24). The Hall–Kier alpha value is -3.89. The first kappa shape index (κ1) is 19.9. The van der Waals surface area contributed by atoms with E-state index >= 15 is 0 Å². The normalized spacial score (nSPS) is 11.0. The first-order valence-electron chi connectivity index (χ1n) is 8.08. The Labute approximate surface area is 162 Å². The molecule has 0 bridgehead atoms. The fourth-order valence-electron chi connectivity index (χ4n) is 2.29. The summed E-state index contributed by atoms with van der Waals surface area (Å²) in [7, 11) is 0. The molecule has 150 valence electrons. The summed E-state index contributed by atoms with van der Waals surface area (Å²) in [5.41, 5.74) is 0.493. The Morgan fingerprint density at radius 2 is 1.93 bits per heavy atom. The number of hydrogen-bond donors (Lipinski definition) is 1. The lowest BCUT2D eigenvalue weighted by molar-refractivity contribution is -0.384. The Morgan fingerprint density at radius 1 is 1.14 bits per heavy atom. The van der Waals surface area contributed by atoms with E-state index in [9.17, 15) is 23.3 Å².